The van der Waals surface area contributed by atoms with Crippen LogP contribution in [0.1, 0.15) is 68.4 Å². The van der Waals surface area contributed by atoms with Gasteiger partial charge in [0.15, 0.2) is 12.3 Å². The number of esters is 1. The van der Waals surface area contributed by atoms with Gasteiger partial charge >= 0.3 is 5.97 Å². The predicted molar refractivity (Wildman–Crippen MR) is 155 cm³/mol. The average Bonchev–Trinajstić information content (AvgIpc) is 2.94. The van der Waals surface area contributed by atoms with Crippen LogP contribution in [0.3, 0.4) is 0 Å². The van der Waals surface area contributed by atoms with Crippen molar-refractivity contribution in [2.45, 2.75) is 109 Å². The van der Waals surface area contributed by atoms with E-state index in [-0.39, 0.29) is 42.7 Å². The van der Waals surface area contributed by atoms with Crippen LogP contribution in [-0.4, -0.2) is 101 Å². The summed E-state index contributed by atoms with van der Waals surface area (Å²) in [6, 6.07) is 1.10. The lowest BCUT2D eigenvalue weighted by molar-refractivity contribution is -0.217. The monoisotopic (exact) mass is 609 g/mol. The first-order valence-electron chi connectivity index (χ1n) is 14.5. The number of carbonyl (C=O) groups excluding carboxylic acids is 2. The number of carbonyl (C=O) groups is 2. The summed E-state index contributed by atoms with van der Waals surface area (Å²) in [6.45, 7) is 12.6. The molecule has 9 atom stereocenters. The van der Waals surface area contributed by atoms with E-state index in [1.165, 1.54) is 14.2 Å². The van der Waals surface area contributed by atoms with E-state index in [9.17, 15) is 35.1 Å². The zero-order chi connectivity index (χ0) is 32.4. The molecule has 1 aromatic rings. The third kappa shape index (κ3) is 7.50. The van der Waals surface area contributed by atoms with Gasteiger partial charge in [-0.05, 0) is 31.4 Å². The average molecular weight is 610 g/mol. The van der Waals surface area contributed by atoms with Crippen molar-refractivity contribution in [2.24, 2.45) is 11.3 Å². The summed E-state index contributed by atoms with van der Waals surface area (Å²) in [4.78, 5) is 25.6. The van der Waals surface area contributed by atoms with Gasteiger partial charge in [-0.3, -0.25) is 4.79 Å². The van der Waals surface area contributed by atoms with Gasteiger partial charge in [0.25, 0.3) is 5.91 Å². The van der Waals surface area contributed by atoms with Crippen LogP contribution in [0.5, 0.6) is 11.5 Å². The number of cyclic esters (lactones) is 1. The molecule has 1 aromatic carbocycles. The highest BCUT2D eigenvalue weighted by Crippen LogP contribution is 2.42. The smallest absolute Gasteiger partial charge is 0.342 e. The molecule has 0 spiro atoms. The number of rotatable bonds is 12. The van der Waals surface area contributed by atoms with Crippen molar-refractivity contribution in [3.05, 3.63) is 34.9 Å². The second kappa shape index (κ2) is 13.9. The summed E-state index contributed by atoms with van der Waals surface area (Å²) < 4.78 is 22.7. The number of aliphatic hydroxyl groups is 3. The first-order valence-corrected chi connectivity index (χ1v) is 14.5. The molecule has 242 valence electrons. The molecular formula is C31H47NO11. The Bertz CT molecular complexity index is 1180. The first-order chi connectivity index (χ1) is 20.0. The molecule has 3 rings (SSSR count). The van der Waals surface area contributed by atoms with Gasteiger partial charge in [-0.1, -0.05) is 26.3 Å². The molecule has 2 heterocycles. The fourth-order valence-corrected chi connectivity index (χ4v) is 5.80. The molecule has 12 nitrogen and oxygen atoms in total. The van der Waals surface area contributed by atoms with Crippen LogP contribution in [0.4, 0.5) is 0 Å². The molecule has 1 fully saturated rings. The van der Waals surface area contributed by atoms with Crippen LogP contribution >= 0.6 is 0 Å². The molecule has 5 unspecified atom stereocenters. The number of phenolic OH excluding ortho intramolecular Hbond substituents is 2. The molecule has 12 heteroatoms. The molecule has 0 aliphatic carbocycles. The maximum absolute atomic E-state index is 12.9. The number of benzene rings is 1. The standard InChI is InChI=1S/C31H47NO11/c1-14(2)9-22(40-7)27(37)28(38)32-29(41-8)23-13-24(36)31(5,6)25(42-23)12-19(34)16(4)21-10-17-15(3)18(33)11-20(35)26(17)30(39)43-21/h11,16,19,21-25,27,29,33-37H,1,9-10,12-13H2,2-8H3,(H,32,38)/t16?,19?,21?,22?,23-,24+,25+,27?,29+/m0/s1. The van der Waals surface area contributed by atoms with E-state index in [0.29, 0.717) is 11.1 Å². The number of nitrogens with one attached hydrogen (secondary N) is 1. The largest absolute Gasteiger partial charge is 0.508 e. The summed E-state index contributed by atoms with van der Waals surface area (Å²) in [5.74, 6) is -2.57. The molecule has 0 radical (unpaired) electrons. The Kier molecular flexibility index (Phi) is 11.2. The van der Waals surface area contributed by atoms with Crippen molar-refractivity contribution < 1.29 is 54.1 Å². The van der Waals surface area contributed by atoms with Crippen LogP contribution in [0.25, 0.3) is 0 Å². The topological polar surface area (TPSA) is 184 Å². The minimum Gasteiger partial charge on any atom is -0.508 e. The summed E-state index contributed by atoms with van der Waals surface area (Å²) in [5, 5.41) is 56.0. The van der Waals surface area contributed by atoms with Crippen molar-refractivity contribution in [3.8, 4) is 11.5 Å². The molecule has 0 aromatic heterocycles. The molecule has 1 saturated heterocycles. The zero-order valence-corrected chi connectivity index (χ0v) is 26.0. The van der Waals surface area contributed by atoms with Crippen LogP contribution in [-0.2, 0) is 30.2 Å². The van der Waals surface area contributed by atoms with Gasteiger partial charge in [-0.2, -0.15) is 0 Å². The van der Waals surface area contributed by atoms with Gasteiger partial charge in [0.2, 0.25) is 0 Å². The Morgan fingerprint density at radius 1 is 1.19 bits per heavy atom. The molecule has 6 N–H and O–H groups in total. The quantitative estimate of drug-likeness (QED) is 0.115. The minimum atomic E-state index is -1.50. The molecule has 0 saturated carbocycles. The number of amides is 1. The summed E-state index contributed by atoms with van der Waals surface area (Å²) >= 11 is 0. The third-order valence-electron chi connectivity index (χ3n) is 9.02. The summed E-state index contributed by atoms with van der Waals surface area (Å²) in [5.41, 5.74) is 0.851. The van der Waals surface area contributed by atoms with Crippen LogP contribution < -0.4 is 5.32 Å². The molecule has 43 heavy (non-hydrogen) atoms. The molecule has 1 amide bonds. The van der Waals surface area contributed by atoms with Gasteiger partial charge in [-0.25, -0.2) is 4.79 Å². The van der Waals surface area contributed by atoms with Crippen molar-refractivity contribution in [2.75, 3.05) is 14.2 Å². The lowest BCUT2D eigenvalue weighted by atomic mass is 9.73. The fourth-order valence-electron chi connectivity index (χ4n) is 5.80. The number of phenols is 2. The third-order valence-corrected chi connectivity index (χ3v) is 9.02. The van der Waals surface area contributed by atoms with Crippen LogP contribution in [0, 0.1) is 18.3 Å². The fraction of sp³-hybridized carbons (Fsp3) is 0.677. The highest BCUT2D eigenvalue weighted by Gasteiger charge is 2.48. The maximum atomic E-state index is 12.9. The second-order valence-corrected chi connectivity index (χ2v) is 12.5. The van der Waals surface area contributed by atoms with Gasteiger partial charge in [-0.15, -0.1) is 6.58 Å². The Balaban J connectivity index is 1.73. The number of hydrogen-bond acceptors (Lipinski definition) is 11. The van der Waals surface area contributed by atoms with E-state index in [0.717, 1.165) is 11.6 Å². The molecule has 2 aliphatic heterocycles. The normalized spacial score (nSPS) is 26.8. The van der Waals surface area contributed by atoms with Crippen molar-refractivity contribution in [3.63, 3.8) is 0 Å². The van der Waals surface area contributed by atoms with Crippen LogP contribution in [0.2, 0.25) is 0 Å². The van der Waals surface area contributed by atoms with Crippen molar-refractivity contribution >= 4 is 11.9 Å². The van der Waals surface area contributed by atoms with Gasteiger partial charge in [0, 0.05) is 50.9 Å². The Labute approximate surface area is 252 Å². The van der Waals surface area contributed by atoms with E-state index < -0.39 is 72.2 Å². The van der Waals surface area contributed by atoms with Crippen molar-refractivity contribution in [1.29, 1.82) is 0 Å². The number of aliphatic hydroxyl groups excluding tert-OH is 3. The van der Waals surface area contributed by atoms with Gasteiger partial charge in [0.05, 0.1) is 24.4 Å². The predicted octanol–water partition coefficient (Wildman–Crippen LogP) is 1.85. The Morgan fingerprint density at radius 2 is 1.84 bits per heavy atom. The summed E-state index contributed by atoms with van der Waals surface area (Å²) in [7, 11) is 2.76. The first kappa shape index (κ1) is 34.7. The number of ether oxygens (including phenoxy) is 4. The SMILES string of the molecule is C=C(C)CC(OC)C(O)C(=O)N[C@H](OC)[C@@H]1C[C@@H](O)C(C)(C)[C@@H](CC(O)C(C)C2Cc3c(C)c(O)cc(O)c3C(=O)O2)O1. The molecule has 2 aliphatic rings. The van der Waals surface area contributed by atoms with Gasteiger partial charge < -0.3 is 49.8 Å². The summed E-state index contributed by atoms with van der Waals surface area (Å²) in [6.07, 6.45) is -6.89. The van der Waals surface area contributed by atoms with E-state index in [1.807, 2.05) is 13.8 Å². The van der Waals surface area contributed by atoms with Crippen LogP contribution in [0.15, 0.2) is 18.2 Å². The van der Waals surface area contributed by atoms with E-state index in [4.69, 9.17) is 18.9 Å². The lowest BCUT2D eigenvalue weighted by Gasteiger charge is -2.48. The molecule has 0 bridgehead atoms. The minimum absolute atomic E-state index is 0.00479. The van der Waals surface area contributed by atoms with Crippen molar-refractivity contribution in [1.82, 2.24) is 5.32 Å². The van der Waals surface area contributed by atoms with E-state index in [2.05, 4.69) is 11.9 Å². The number of fused-ring (bicyclic) bond motifs is 1. The number of hydrogen-bond donors (Lipinski definition) is 6. The lowest BCUT2D eigenvalue weighted by Crippen LogP contribution is -2.59. The van der Waals surface area contributed by atoms with E-state index in [1.54, 1.807) is 20.8 Å². The molecular weight excluding hydrogens is 562 g/mol. The van der Waals surface area contributed by atoms with Gasteiger partial charge in [0.1, 0.15) is 29.3 Å². The maximum Gasteiger partial charge on any atom is 0.342 e. The number of methoxy groups -OCH3 is 2. The highest BCUT2D eigenvalue weighted by molar-refractivity contribution is 5.96. The highest BCUT2D eigenvalue weighted by atomic mass is 16.6. The number of aromatic hydroxyl groups is 2. The Hall–Kier alpha value is -2.74. The zero-order valence-electron chi connectivity index (χ0n) is 26.0. The second-order valence-electron chi connectivity index (χ2n) is 12.5. The van der Waals surface area contributed by atoms with E-state index >= 15 is 0 Å². The Morgan fingerprint density at radius 3 is 2.42 bits per heavy atom.